The maximum Gasteiger partial charge on any atom is 0.326 e. The van der Waals surface area contributed by atoms with Crippen molar-refractivity contribution in [3.63, 3.8) is 0 Å². The van der Waals surface area contributed by atoms with E-state index in [1.807, 2.05) is 0 Å². The minimum absolute atomic E-state index is 0.0725. The highest BCUT2D eigenvalue weighted by Crippen LogP contribution is 2.05. The monoisotopic (exact) mass is 406 g/mol. The lowest BCUT2D eigenvalue weighted by Crippen LogP contribution is -2.59. The third-order valence-corrected chi connectivity index (χ3v) is 4.19. The van der Waals surface area contributed by atoms with Crippen molar-refractivity contribution < 1.29 is 29.4 Å². The van der Waals surface area contributed by atoms with Crippen molar-refractivity contribution in [3.8, 4) is 0 Å². The van der Waals surface area contributed by atoms with Gasteiger partial charge in [0.1, 0.15) is 24.2 Å². The third kappa shape index (κ3) is 8.14. The molecule has 0 rings (SSSR count). The van der Waals surface area contributed by atoms with Crippen molar-refractivity contribution in [2.45, 2.75) is 51.9 Å². The first-order chi connectivity index (χ1) is 12.5. The zero-order valence-electron chi connectivity index (χ0n) is 15.9. The molecule has 0 bridgehead atoms. The Bertz CT molecular complexity index is 543. The van der Waals surface area contributed by atoms with Crippen molar-refractivity contribution >= 4 is 36.3 Å². The van der Waals surface area contributed by atoms with E-state index in [0.717, 1.165) is 0 Å². The summed E-state index contributed by atoms with van der Waals surface area (Å²) in [5.41, 5.74) is 5.43. The van der Waals surface area contributed by atoms with E-state index < -0.39 is 54.5 Å². The predicted molar refractivity (Wildman–Crippen MR) is 102 cm³/mol. The Labute approximate surface area is 164 Å². The van der Waals surface area contributed by atoms with Crippen LogP contribution in [0.1, 0.15) is 27.7 Å². The molecule has 0 aliphatic rings. The van der Waals surface area contributed by atoms with Gasteiger partial charge >= 0.3 is 5.97 Å². The van der Waals surface area contributed by atoms with Crippen LogP contribution < -0.4 is 21.7 Å². The Morgan fingerprint density at radius 2 is 1.37 bits per heavy atom. The van der Waals surface area contributed by atoms with Gasteiger partial charge in [-0.3, -0.25) is 14.4 Å². The van der Waals surface area contributed by atoms with Crippen LogP contribution in [0.15, 0.2) is 0 Å². The molecule has 0 aromatic carbocycles. The number of hydrogen-bond donors (Lipinski definition) is 7. The van der Waals surface area contributed by atoms with E-state index in [4.69, 9.17) is 15.9 Å². The van der Waals surface area contributed by atoms with Crippen LogP contribution in [0.4, 0.5) is 0 Å². The molecule has 10 nitrogen and oxygen atoms in total. The zero-order valence-corrected chi connectivity index (χ0v) is 16.8. The van der Waals surface area contributed by atoms with Crippen LogP contribution in [0.2, 0.25) is 0 Å². The number of nitrogens with one attached hydrogen (secondary N) is 3. The van der Waals surface area contributed by atoms with Crippen LogP contribution in [0.5, 0.6) is 0 Å². The van der Waals surface area contributed by atoms with Gasteiger partial charge in [-0.1, -0.05) is 27.7 Å². The molecule has 4 unspecified atom stereocenters. The highest BCUT2D eigenvalue weighted by Gasteiger charge is 2.31. The van der Waals surface area contributed by atoms with Gasteiger partial charge in [-0.25, -0.2) is 4.79 Å². The summed E-state index contributed by atoms with van der Waals surface area (Å²) in [7, 11) is 0. The first kappa shape index (κ1) is 25.1. The molecule has 0 aliphatic carbocycles. The second-order valence-corrected chi connectivity index (χ2v) is 7.20. The van der Waals surface area contributed by atoms with Crippen LogP contribution in [-0.4, -0.2) is 70.4 Å². The molecule has 0 spiro atoms. The first-order valence-electron chi connectivity index (χ1n) is 8.57. The van der Waals surface area contributed by atoms with E-state index in [1.165, 1.54) is 0 Å². The number of carboxylic acids is 1. The van der Waals surface area contributed by atoms with Crippen molar-refractivity contribution in [2.24, 2.45) is 17.6 Å². The summed E-state index contributed by atoms with van der Waals surface area (Å²) in [5, 5.41) is 25.3. The fraction of sp³-hybridized carbons (Fsp3) is 0.750. The molecular formula is C16H30N4O6S. The van der Waals surface area contributed by atoms with Crippen molar-refractivity contribution in [3.05, 3.63) is 0 Å². The first-order valence-corrected chi connectivity index (χ1v) is 9.20. The molecule has 0 aromatic rings. The number of carbonyl (C=O) groups is 4. The van der Waals surface area contributed by atoms with Gasteiger partial charge in [-0.05, 0) is 11.8 Å². The number of thiol groups is 1. The molecule has 4 atom stereocenters. The summed E-state index contributed by atoms with van der Waals surface area (Å²) in [5.74, 6) is -3.99. The number of aliphatic hydroxyl groups excluding tert-OH is 1. The molecule has 0 aromatic heterocycles. The maximum atomic E-state index is 12.5. The van der Waals surface area contributed by atoms with Crippen LogP contribution in [0, 0.1) is 11.8 Å². The molecule has 0 saturated heterocycles. The summed E-state index contributed by atoms with van der Waals surface area (Å²) in [4.78, 5) is 47.9. The Hall–Kier alpha value is -1.85. The van der Waals surface area contributed by atoms with Crippen LogP contribution in [0.25, 0.3) is 0 Å². The zero-order chi connectivity index (χ0) is 21.3. The van der Waals surface area contributed by atoms with Crippen LogP contribution >= 0.6 is 12.6 Å². The SMILES string of the molecule is CC(C)C(NC(=O)C(CS)NC(=O)C(NC(=O)C(N)CO)C(C)C)C(=O)O. The van der Waals surface area contributed by atoms with E-state index >= 15 is 0 Å². The summed E-state index contributed by atoms with van der Waals surface area (Å²) in [6.45, 7) is 6.07. The predicted octanol–water partition coefficient (Wildman–Crippen LogP) is -1.91. The van der Waals surface area contributed by atoms with Gasteiger partial charge in [0.2, 0.25) is 17.7 Å². The molecule has 156 valence electrons. The van der Waals surface area contributed by atoms with Gasteiger partial charge in [0.05, 0.1) is 6.61 Å². The summed E-state index contributed by atoms with van der Waals surface area (Å²) in [6.07, 6.45) is 0. The Morgan fingerprint density at radius 3 is 1.74 bits per heavy atom. The Balaban J connectivity index is 5.13. The highest BCUT2D eigenvalue weighted by atomic mass is 32.1. The number of nitrogens with two attached hydrogens (primary N) is 1. The molecular weight excluding hydrogens is 376 g/mol. The Kier molecular flexibility index (Phi) is 11.0. The van der Waals surface area contributed by atoms with Crippen LogP contribution in [-0.2, 0) is 19.2 Å². The molecule has 3 amide bonds. The van der Waals surface area contributed by atoms with Crippen molar-refractivity contribution in [1.29, 1.82) is 0 Å². The van der Waals surface area contributed by atoms with Crippen molar-refractivity contribution in [2.75, 3.05) is 12.4 Å². The number of aliphatic carboxylic acids is 1. The van der Waals surface area contributed by atoms with E-state index in [9.17, 15) is 19.2 Å². The minimum Gasteiger partial charge on any atom is -0.480 e. The average molecular weight is 407 g/mol. The number of amides is 3. The largest absolute Gasteiger partial charge is 0.480 e. The molecule has 0 radical (unpaired) electrons. The molecule has 0 heterocycles. The third-order valence-electron chi connectivity index (χ3n) is 3.83. The van der Waals surface area contributed by atoms with Crippen molar-refractivity contribution in [1.82, 2.24) is 16.0 Å². The number of aliphatic hydroxyl groups is 1. The van der Waals surface area contributed by atoms with Gasteiger partial charge in [0, 0.05) is 5.75 Å². The second-order valence-electron chi connectivity index (χ2n) is 6.83. The molecule has 27 heavy (non-hydrogen) atoms. The topological polar surface area (TPSA) is 171 Å². The quantitative estimate of drug-likeness (QED) is 0.196. The van der Waals surface area contributed by atoms with Gasteiger partial charge in [0.25, 0.3) is 0 Å². The average Bonchev–Trinajstić information content (AvgIpc) is 2.59. The van der Waals surface area contributed by atoms with Crippen LogP contribution in [0.3, 0.4) is 0 Å². The molecule has 0 aliphatic heterocycles. The van der Waals surface area contributed by atoms with E-state index in [2.05, 4.69) is 28.6 Å². The molecule has 0 saturated carbocycles. The summed E-state index contributed by atoms with van der Waals surface area (Å²) in [6, 6.07) is -4.37. The standard InChI is InChI=1S/C16H30N4O6S/c1-7(2)11(19-13(22)9(17)5-21)15(24)18-10(6-27)14(23)20-12(8(3)4)16(25)26/h7-12,21,27H,5-6,17H2,1-4H3,(H,18,24)(H,19,22)(H,20,23)(H,25,26). The lowest BCUT2D eigenvalue weighted by molar-refractivity contribution is -0.143. The number of hydrogen-bond acceptors (Lipinski definition) is 7. The van der Waals surface area contributed by atoms with E-state index in [-0.39, 0.29) is 17.6 Å². The summed E-state index contributed by atoms with van der Waals surface area (Å²) < 4.78 is 0. The highest BCUT2D eigenvalue weighted by molar-refractivity contribution is 7.80. The summed E-state index contributed by atoms with van der Waals surface area (Å²) >= 11 is 4.03. The Morgan fingerprint density at radius 1 is 0.889 bits per heavy atom. The maximum absolute atomic E-state index is 12.5. The van der Waals surface area contributed by atoms with Gasteiger partial charge in [-0.2, -0.15) is 12.6 Å². The van der Waals surface area contributed by atoms with E-state index in [0.29, 0.717) is 0 Å². The normalized spacial score (nSPS) is 15.6. The fourth-order valence-corrected chi connectivity index (χ4v) is 2.36. The van der Waals surface area contributed by atoms with E-state index in [1.54, 1.807) is 27.7 Å². The second kappa shape index (κ2) is 11.8. The molecule has 7 N–H and O–H groups in total. The fourth-order valence-electron chi connectivity index (χ4n) is 2.10. The minimum atomic E-state index is -1.19. The van der Waals surface area contributed by atoms with Gasteiger partial charge in [-0.15, -0.1) is 0 Å². The number of rotatable bonds is 11. The smallest absolute Gasteiger partial charge is 0.326 e. The molecule has 0 fully saturated rings. The van der Waals surface area contributed by atoms with Gasteiger partial charge in [0.15, 0.2) is 0 Å². The molecule has 11 heteroatoms. The number of carbonyl (C=O) groups excluding carboxylic acids is 3. The van der Waals surface area contributed by atoms with Gasteiger partial charge < -0.3 is 31.9 Å². The lowest BCUT2D eigenvalue weighted by atomic mass is 10.0. The lowest BCUT2D eigenvalue weighted by Gasteiger charge is -2.26. The number of carboxylic acid groups (broad SMARTS) is 1.